The third-order valence-electron chi connectivity index (χ3n) is 14.4. The van der Waals surface area contributed by atoms with E-state index in [-0.39, 0.29) is 24.6 Å². The van der Waals surface area contributed by atoms with Gasteiger partial charge in [-0.15, -0.1) is 9.60 Å². The van der Waals surface area contributed by atoms with E-state index in [9.17, 15) is 35.1 Å². The Bertz CT molecular complexity index is 1480. The minimum Gasteiger partial charge on any atom is -0.286 e. The van der Waals surface area contributed by atoms with Crippen molar-refractivity contribution in [2.24, 2.45) is 47.3 Å². The number of halogens is 16. The van der Waals surface area contributed by atoms with E-state index in [4.69, 9.17) is 0 Å². The first-order valence-electron chi connectivity index (χ1n) is 18.8. The molecule has 4 saturated carbocycles. The van der Waals surface area contributed by atoms with Gasteiger partial charge in [-0.2, -0.15) is 0 Å². The molecule has 9 aliphatic rings. The number of alkyl halides is 15. The van der Waals surface area contributed by atoms with Crippen molar-refractivity contribution in [2.45, 2.75) is 148 Å². The Morgan fingerprint density at radius 1 is 0.298 bits per heavy atom. The van der Waals surface area contributed by atoms with Gasteiger partial charge in [-0.3, -0.25) is 37.2 Å². The molecule has 8 nitrogen and oxygen atoms in total. The molecule has 0 aromatic heterocycles. The number of hydrogen-bond acceptors (Lipinski definition) is 8. The van der Waals surface area contributed by atoms with Crippen LogP contribution >= 0.6 is 0 Å². The summed E-state index contributed by atoms with van der Waals surface area (Å²) in [4.78, 5) is 0. The zero-order valence-electron chi connectivity index (χ0n) is 29.3. The maximum Gasteiger partial charge on any atom is 0.165 e. The molecule has 57 heavy (non-hydrogen) atoms. The van der Waals surface area contributed by atoms with E-state index in [1.165, 1.54) is 0 Å². The van der Waals surface area contributed by atoms with E-state index in [2.05, 4.69) is 37.2 Å². The van der Waals surface area contributed by atoms with E-state index in [0.717, 1.165) is 0 Å². The first-order valence-corrected chi connectivity index (χ1v) is 18.8. The minimum atomic E-state index is -3.18. The summed E-state index contributed by atoms with van der Waals surface area (Å²) in [5.41, 5.74) is 0. The Kier molecular flexibility index (Phi) is 11.4. The second kappa shape index (κ2) is 15.2. The largest absolute Gasteiger partial charge is 0.286 e. The average Bonchev–Trinajstić information content (AvgIpc) is 3.89. The summed E-state index contributed by atoms with van der Waals surface area (Å²) in [7, 11) is 0. The molecule has 7 N–H and O–H groups in total. The molecule has 0 spiro atoms. The van der Waals surface area contributed by atoms with Gasteiger partial charge in [0.2, 0.25) is 0 Å². The fourth-order valence-corrected chi connectivity index (χ4v) is 11.8. The molecule has 5 aliphatic heterocycles. The molecular weight excluding hydrogens is 866 g/mol. The Balaban J connectivity index is 0.00000455. The van der Waals surface area contributed by atoms with Gasteiger partial charge in [-0.1, -0.05) is 0 Å². The van der Waals surface area contributed by atoms with Gasteiger partial charge in [-0.05, 0) is 12.3 Å². The van der Waals surface area contributed by atoms with Crippen LogP contribution < -0.4 is 37.2 Å². The fraction of sp³-hybridized carbons (Fsp3) is 1.00. The van der Waals surface area contributed by atoms with Crippen molar-refractivity contribution in [1.82, 2.24) is 42.3 Å². The first kappa shape index (κ1) is 42.9. The van der Waals surface area contributed by atoms with Gasteiger partial charge in [0.05, 0.1) is 49.3 Å². The average molecular weight is 906 g/mol. The van der Waals surface area contributed by atoms with Crippen molar-refractivity contribution in [3.8, 4) is 0 Å². The molecule has 5 saturated heterocycles. The van der Waals surface area contributed by atoms with Crippen LogP contribution in [0.25, 0.3) is 0 Å². The number of fused-ring (bicyclic) bond motifs is 20. The summed E-state index contributed by atoms with van der Waals surface area (Å²) < 4.78 is 247. The maximum absolute atomic E-state index is 16.7. The van der Waals surface area contributed by atoms with Crippen LogP contribution in [0, 0.1) is 47.3 Å². The molecule has 9 rings (SSSR count). The van der Waals surface area contributed by atoms with E-state index in [1.54, 1.807) is 0 Å². The van der Waals surface area contributed by atoms with Crippen LogP contribution in [0.15, 0.2) is 0 Å². The Morgan fingerprint density at radius 3 is 0.912 bits per heavy atom. The van der Waals surface area contributed by atoms with Crippen LogP contribution in [0.3, 0.4) is 0 Å². The van der Waals surface area contributed by atoms with E-state index < -0.39 is 196 Å². The van der Waals surface area contributed by atoms with Crippen molar-refractivity contribution >= 4 is 0 Å². The summed E-state index contributed by atoms with van der Waals surface area (Å²) in [6.07, 6.45) is -59.4. The number of hydrogen-bond donors (Lipinski definition) is 7. The molecule has 9 fully saturated rings. The topological polar surface area (TPSA) is 87.4 Å². The van der Waals surface area contributed by atoms with Gasteiger partial charge in [0.15, 0.2) is 43.2 Å². The van der Waals surface area contributed by atoms with Crippen molar-refractivity contribution in [2.75, 3.05) is 0 Å². The smallest absolute Gasteiger partial charge is 0.165 e. The van der Waals surface area contributed by atoms with Crippen molar-refractivity contribution in [1.29, 1.82) is 0 Å². The Labute approximate surface area is 327 Å². The molecule has 4 aliphatic carbocycles. The summed E-state index contributed by atoms with van der Waals surface area (Å²) in [6.45, 7) is 0. The molecule has 31 unspecified atom stereocenters. The van der Waals surface area contributed by atoms with E-state index >= 15 is 35.2 Å². The van der Waals surface area contributed by atoms with Crippen LogP contribution in [0.2, 0.25) is 0 Å². The molecule has 5 heterocycles. The quantitative estimate of drug-likeness (QED) is 0.114. The van der Waals surface area contributed by atoms with Crippen LogP contribution in [0.1, 0.15) is 6.42 Å². The molecule has 0 aromatic rings. The molecular formula is C32H40F16N8Zn. The summed E-state index contributed by atoms with van der Waals surface area (Å²) in [6, 6.07) is 0. The standard InChI is InChI=1S/C32H40F16N8.Zn/c33-3-1-2-4(12(35)11(3)34)26-49-25(2)50-27-5-6(14(37)20(43)19(42)13(5)36)28(51-27)52-29-7-8(16(39)22(45)21(44)15(7)38)30(53-29)55-32-10-9(31(54-26)56(32)48)17(40)23(46)24(47)18(10)41;/h2-32,49-55H,1H2;. The predicted molar refractivity (Wildman–Crippen MR) is 161 cm³/mol. The molecule has 8 bridgehead atoms. The number of rotatable bonds is 0. The molecule has 0 aromatic carbocycles. The van der Waals surface area contributed by atoms with Gasteiger partial charge in [0, 0.05) is 60.9 Å². The second-order valence-corrected chi connectivity index (χ2v) is 16.9. The van der Waals surface area contributed by atoms with Crippen LogP contribution in [-0.2, 0) is 19.5 Å². The zero-order valence-corrected chi connectivity index (χ0v) is 32.3. The van der Waals surface area contributed by atoms with Gasteiger partial charge in [0.1, 0.15) is 49.4 Å². The maximum atomic E-state index is 16.7. The SMILES string of the molecule is FC1CC2C3NC(NC4C5C(F)C(F)C(F)C(F)C5C(NC5NC(NC6NC(N3)C3C(F)C(F)C(F)C(F)C63)C3C(F)C(F)C(F)C(F)C53)N4F)C2C(F)C1F.[Zn]. The number of nitrogens with one attached hydrogen (secondary N) is 7. The predicted octanol–water partition coefficient (Wildman–Crippen LogP) is 2.42. The summed E-state index contributed by atoms with van der Waals surface area (Å²) in [5.74, 6) is -15.2. The van der Waals surface area contributed by atoms with Crippen LogP contribution in [-0.4, -0.2) is 147 Å². The fourth-order valence-electron chi connectivity index (χ4n) is 11.8. The van der Waals surface area contributed by atoms with Crippen LogP contribution in [0.4, 0.5) is 70.3 Å². The monoisotopic (exact) mass is 904 g/mol. The minimum absolute atomic E-state index is 0. The summed E-state index contributed by atoms with van der Waals surface area (Å²) >= 11 is 0. The van der Waals surface area contributed by atoms with Gasteiger partial charge < -0.3 is 0 Å². The Morgan fingerprint density at radius 2 is 0.561 bits per heavy atom. The van der Waals surface area contributed by atoms with Crippen molar-refractivity contribution in [3.05, 3.63) is 0 Å². The van der Waals surface area contributed by atoms with Crippen molar-refractivity contribution in [3.63, 3.8) is 0 Å². The van der Waals surface area contributed by atoms with Gasteiger partial charge >= 0.3 is 0 Å². The zero-order chi connectivity index (χ0) is 40.1. The van der Waals surface area contributed by atoms with Gasteiger partial charge in [-0.25, -0.2) is 65.9 Å². The second-order valence-electron chi connectivity index (χ2n) is 16.9. The third kappa shape index (κ3) is 6.16. The summed E-state index contributed by atoms with van der Waals surface area (Å²) in [5, 5.41) is 17.8. The van der Waals surface area contributed by atoms with E-state index in [0.29, 0.717) is 0 Å². The molecule has 322 valence electrons. The first-order chi connectivity index (χ1) is 26.4. The van der Waals surface area contributed by atoms with Crippen molar-refractivity contribution < 1.29 is 89.8 Å². The molecule has 31 atom stereocenters. The normalized spacial score (nSPS) is 63.9. The number of nitrogens with zero attached hydrogens (tertiary/aromatic N) is 1. The van der Waals surface area contributed by atoms with Crippen LogP contribution in [0.5, 0.6) is 0 Å². The molecule has 0 radical (unpaired) electrons. The molecule has 0 amide bonds. The van der Waals surface area contributed by atoms with Gasteiger partial charge in [0.25, 0.3) is 0 Å². The Hall–Kier alpha value is -0.817. The van der Waals surface area contributed by atoms with E-state index in [1.807, 2.05) is 0 Å². The molecule has 25 heteroatoms. The third-order valence-corrected chi connectivity index (χ3v) is 14.4.